The summed E-state index contributed by atoms with van der Waals surface area (Å²) in [6.07, 6.45) is 4.26. The number of amides is 1. The molecule has 0 aliphatic heterocycles. The molecule has 0 aliphatic carbocycles. The van der Waals surface area contributed by atoms with E-state index in [1.54, 1.807) is 0 Å². The van der Waals surface area contributed by atoms with Gasteiger partial charge in [0.05, 0.1) is 6.54 Å². The third-order valence-corrected chi connectivity index (χ3v) is 5.81. The highest BCUT2D eigenvalue weighted by Gasteiger charge is 2.24. The molecule has 0 unspecified atom stereocenters. The number of halogens is 1. The number of carbonyl (C=O) groups excluding carboxylic acids is 1. The van der Waals surface area contributed by atoms with Gasteiger partial charge in [-0.15, -0.1) is 0 Å². The van der Waals surface area contributed by atoms with E-state index in [-0.39, 0.29) is 24.0 Å². The fourth-order valence-corrected chi connectivity index (χ4v) is 3.80. The Bertz CT molecular complexity index is 1000. The summed E-state index contributed by atoms with van der Waals surface area (Å²) in [6, 6.07) is 7.91. The van der Waals surface area contributed by atoms with E-state index in [0.717, 1.165) is 42.1 Å². The first kappa shape index (κ1) is 25.9. The van der Waals surface area contributed by atoms with Gasteiger partial charge < -0.3 is 10.6 Å². The molecule has 9 heteroatoms. The number of unbranched alkanes of at least 4 members (excludes halogenated alkanes) is 3. The lowest BCUT2D eigenvalue weighted by atomic mass is 10.2. The molecular formula is C23H34BrN5O3. The summed E-state index contributed by atoms with van der Waals surface area (Å²) >= 11 is 3.42. The van der Waals surface area contributed by atoms with Crippen LogP contribution in [-0.2, 0) is 17.9 Å². The second-order valence-corrected chi connectivity index (χ2v) is 8.97. The number of likely N-dealkylation sites (N-methyl/N-ethyl adjacent to an activating group) is 1. The summed E-state index contributed by atoms with van der Waals surface area (Å²) in [5, 5.41) is 0. The van der Waals surface area contributed by atoms with E-state index in [1.807, 2.05) is 43.1 Å². The molecule has 2 rings (SSSR count). The first-order valence-electron chi connectivity index (χ1n) is 11.1. The molecule has 32 heavy (non-hydrogen) atoms. The molecule has 0 saturated heterocycles. The van der Waals surface area contributed by atoms with Crippen molar-refractivity contribution in [1.29, 1.82) is 0 Å². The fraction of sp³-hybridized carbons (Fsp3) is 0.522. The van der Waals surface area contributed by atoms with E-state index >= 15 is 0 Å². The molecular weight excluding hydrogens is 474 g/mol. The number of carbonyl (C=O) groups is 1. The van der Waals surface area contributed by atoms with Gasteiger partial charge in [-0.25, -0.2) is 4.79 Å². The highest BCUT2D eigenvalue weighted by atomic mass is 79.9. The molecule has 1 heterocycles. The molecule has 0 saturated carbocycles. The summed E-state index contributed by atoms with van der Waals surface area (Å²) in [5.41, 5.74) is 6.24. The van der Waals surface area contributed by atoms with Crippen molar-refractivity contribution in [3.8, 4) is 0 Å². The van der Waals surface area contributed by atoms with Crippen LogP contribution >= 0.6 is 15.9 Å². The molecule has 0 atom stereocenters. The Hall–Kier alpha value is -2.39. The molecule has 0 aliphatic rings. The van der Waals surface area contributed by atoms with Crippen LogP contribution in [0.5, 0.6) is 0 Å². The SMILES string of the molecule is CCCCCN(C(=O)CN(C)Cc1ccc(Br)cc1)c1c(N)n(CCCC)c(=O)[nH]c1=O. The maximum atomic E-state index is 13.3. The number of hydrogen-bond donors (Lipinski definition) is 2. The van der Waals surface area contributed by atoms with Crippen molar-refractivity contribution in [3.05, 3.63) is 55.1 Å². The number of H-pyrrole nitrogens is 1. The zero-order valence-electron chi connectivity index (χ0n) is 19.2. The highest BCUT2D eigenvalue weighted by Crippen LogP contribution is 2.19. The molecule has 1 aromatic heterocycles. The number of aromatic amines is 1. The number of nitrogens with zero attached hydrogens (tertiary/aromatic N) is 3. The molecule has 176 valence electrons. The molecule has 1 aromatic carbocycles. The number of nitrogen functional groups attached to an aromatic ring is 1. The monoisotopic (exact) mass is 507 g/mol. The summed E-state index contributed by atoms with van der Waals surface area (Å²) in [5.74, 6) is -0.175. The lowest BCUT2D eigenvalue weighted by molar-refractivity contribution is -0.119. The van der Waals surface area contributed by atoms with Crippen LogP contribution in [0.1, 0.15) is 51.5 Å². The average Bonchev–Trinajstić information content (AvgIpc) is 2.74. The Balaban J connectivity index is 2.30. The molecule has 0 spiro atoms. The Morgan fingerprint density at radius 3 is 2.38 bits per heavy atom. The van der Waals surface area contributed by atoms with Gasteiger partial charge in [-0.2, -0.15) is 0 Å². The van der Waals surface area contributed by atoms with Crippen molar-refractivity contribution in [3.63, 3.8) is 0 Å². The molecule has 2 aromatic rings. The molecule has 3 N–H and O–H groups in total. The number of nitrogens with one attached hydrogen (secondary N) is 1. The van der Waals surface area contributed by atoms with Gasteiger partial charge in [-0.3, -0.25) is 24.0 Å². The lowest BCUT2D eigenvalue weighted by Crippen LogP contribution is -2.45. The van der Waals surface area contributed by atoms with Crippen molar-refractivity contribution in [2.75, 3.05) is 30.8 Å². The largest absolute Gasteiger partial charge is 0.383 e. The molecule has 1 amide bonds. The van der Waals surface area contributed by atoms with Crippen molar-refractivity contribution < 1.29 is 4.79 Å². The van der Waals surface area contributed by atoms with Crippen molar-refractivity contribution >= 4 is 33.3 Å². The molecule has 8 nitrogen and oxygen atoms in total. The van der Waals surface area contributed by atoms with Gasteiger partial charge in [0.25, 0.3) is 5.56 Å². The maximum absolute atomic E-state index is 13.3. The normalized spacial score (nSPS) is 11.2. The molecule has 0 bridgehead atoms. The number of benzene rings is 1. The molecule has 0 radical (unpaired) electrons. The first-order chi connectivity index (χ1) is 15.3. The van der Waals surface area contributed by atoms with E-state index in [0.29, 0.717) is 19.6 Å². The van der Waals surface area contributed by atoms with Crippen LogP contribution in [0.15, 0.2) is 38.3 Å². The summed E-state index contributed by atoms with van der Waals surface area (Å²) in [4.78, 5) is 44.0. The average molecular weight is 508 g/mol. The first-order valence-corrected chi connectivity index (χ1v) is 11.9. The van der Waals surface area contributed by atoms with Gasteiger partial charge >= 0.3 is 5.69 Å². The smallest absolute Gasteiger partial charge is 0.330 e. The Morgan fingerprint density at radius 2 is 1.75 bits per heavy atom. The van der Waals surface area contributed by atoms with E-state index in [4.69, 9.17) is 5.73 Å². The van der Waals surface area contributed by atoms with Crippen LogP contribution in [0.25, 0.3) is 0 Å². The minimum Gasteiger partial charge on any atom is -0.383 e. The predicted molar refractivity (Wildman–Crippen MR) is 133 cm³/mol. The van der Waals surface area contributed by atoms with Crippen LogP contribution in [0.2, 0.25) is 0 Å². The quantitative estimate of drug-likeness (QED) is 0.428. The standard InChI is InChI=1S/C23H34BrN5O3/c1-4-6-8-14-28(19(30)16-27(3)15-17-9-11-18(24)12-10-17)20-21(25)29(13-7-5-2)23(32)26-22(20)31/h9-12H,4-8,13-16,25H2,1-3H3,(H,26,31,32). The van der Waals surface area contributed by atoms with Crippen molar-refractivity contribution in [1.82, 2.24) is 14.5 Å². The zero-order valence-corrected chi connectivity index (χ0v) is 20.8. The minimum atomic E-state index is -0.624. The Morgan fingerprint density at radius 1 is 1.09 bits per heavy atom. The van der Waals surface area contributed by atoms with Gasteiger partial charge in [-0.05, 0) is 37.6 Å². The number of hydrogen-bond acceptors (Lipinski definition) is 5. The minimum absolute atomic E-state index is 0.0487. The zero-order chi connectivity index (χ0) is 23.7. The highest BCUT2D eigenvalue weighted by molar-refractivity contribution is 9.10. The van der Waals surface area contributed by atoms with Gasteiger partial charge in [0.1, 0.15) is 5.82 Å². The van der Waals surface area contributed by atoms with Crippen LogP contribution in [0.4, 0.5) is 11.5 Å². The summed E-state index contributed by atoms with van der Waals surface area (Å²) < 4.78 is 2.35. The van der Waals surface area contributed by atoms with Gasteiger partial charge in [0, 0.05) is 24.1 Å². The van der Waals surface area contributed by atoms with Crippen molar-refractivity contribution in [2.45, 2.75) is 59.0 Å². The Labute approximate surface area is 197 Å². The second-order valence-electron chi connectivity index (χ2n) is 8.05. The van der Waals surface area contributed by atoms with Gasteiger partial charge in [0.15, 0.2) is 5.69 Å². The topological polar surface area (TPSA) is 104 Å². The number of nitrogens with two attached hydrogens (primary N) is 1. The van der Waals surface area contributed by atoms with Gasteiger partial charge in [0.2, 0.25) is 5.91 Å². The third-order valence-electron chi connectivity index (χ3n) is 5.28. The number of anilines is 2. The molecule has 0 fully saturated rings. The maximum Gasteiger partial charge on any atom is 0.330 e. The number of rotatable bonds is 12. The number of aromatic nitrogens is 2. The third kappa shape index (κ3) is 7.06. The van der Waals surface area contributed by atoms with Crippen LogP contribution in [0.3, 0.4) is 0 Å². The van der Waals surface area contributed by atoms with E-state index in [9.17, 15) is 14.4 Å². The summed E-state index contributed by atoms with van der Waals surface area (Å²) in [6.45, 7) is 5.56. The van der Waals surface area contributed by atoms with Crippen LogP contribution in [-0.4, -0.2) is 40.5 Å². The van der Waals surface area contributed by atoms with Crippen molar-refractivity contribution in [2.24, 2.45) is 0 Å². The van der Waals surface area contributed by atoms with E-state index < -0.39 is 11.2 Å². The van der Waals surface area contributed by atoms with E-state index in [1.165, 1.54) is 9.47 Å². The summed E-state index contributed by atoms with van der Waals surface area (Å²) in [7, 11) is 1.86. The predicted octanol–water partition coefficient (Wildman–Crippen LogP) is 3.34. The second kappa shape index (κ2) is 12.6. The van der Waals surface area contributed by atoms with Crippen LogP contribution in [0, 0.1) is 0 Å². The Kier molecular flexibility index (Phi) is 10.2. The fourth-order valence-electron chi connectivity index (χ4n) is 3.53. The van der Waals surface area contributed by atoms with Gasteiger partial charge in [-0.1, -0.05) is 61.2 Å². The van der Waals surface area contributed by atoms with E-state index in [2.05, 4.69) is 27.8 Å². The lowest BCUT2D eigenvalue weighted by Gasteiger charge is -2.27. The van der Waals surface area contributed by atoms with Crippen LogP contribution < -0.4 is 21.9 Å².